The van der Waals surface area contributed by atoms with Crippen molar-refractivity contribution in [2.75, 3.05) is 0 Å². The molecule has 0 fully saturated rings. The Kier molecular flexibility index (Phi) is 7.49. The van der Waals surface area contributed by atoms with Crippen LogP contribution < -0.4 is 0 Å². The minimum atomic E-state index is 0.645. The highest BCUT2D eigenvalue weighted by molar-refractivity contribution is 6.25. The van der Waals surface area contributed by atoms with Gasteiger partial charge in [-0.05, 0) is 54.9 Å². The maximum Gasteiger partial charge on any atom is 0.164 e. The summed E-state index contributed by atoms with van der Waals surface area (Å²) in [5.41, 5.74) is 10.1. The van der Waals surface area contributed by atoms with Gasteiger partial charge in [-0.3, -0.25) is 0 Å². The molecule has 0 atom stereocenters. The average molecular weight is 638 g/mol. The molecule has 1 heterocycles. The van der Waals surface area contributed by atoms with E-state index >= 15 is 0 Å². The molecule has 1 aromatic heterocycles. The van der Waals surface area contributed by atoms with Crippen LogP contribution in [0.3, 0.4) is 0 Å². The molecule has 0 aliphatic carbocycles. The molecule has 0 bridgehead atoms. The van der Waals surface area contributed by atoms with Crippen LogP contribution in [0.15, 0.2) is 188 Å². The van der Waals surface area contributed by atoms with E-state index in [0.29, 0.717) is 17.5 Å². The van der Waals surface area contributed by atoms with E-state index in [4.69, 9.17) is 15.0 Å². The summed E-state index contributed by atoms with van der Waals surface area (Å²) >= 11 is 0. The topological polar surface area (TPSA) is 38.7 Å². The van der Waals surface area contributed by atoms with Crippen molar-refractivity contribution in [3.63, 3.8) is 0 Å². The first-order valence-corrected chi connectivity index (χ1v) is 16.9. The second kappa shape index (κ2) is 12.7. The number of hydrogen-bond acceptors (Lipinski definition) is 3. The van der Waals surface area contributed by atoms with Crippen LogP contribution in [0.1, 0.15) is 0 Å². The molecule has 234 valence electrons. The van der Waals surface area contributed by atoms with Gasteiger partial charge < -0.3 is 0 Å². The predicted molar refractivity (Wildman–Crippen MR) is 207 cm³/mol. The molecule has 3 heteroatoms. The van der Waals surface area contributed by atoms with E-state index in [-0.39, 0.29) is 0 Å². The standard InChI is InChI=1S/C47H31N3/c1-5-16-33(17-6-1)42-39-24-13-14-25-40(39)44-38(26-15-27-41(44)43(42)34-18-7-2-8-19-34)32-28-30-37(31-29-32)47-49-45(35-20-9-3-10-21-35)48-46(50-47)36-22-11-4-12-23-36/h1-31H. The Balaban J connectivity index is 1.23. The van der Waals surface area contributed by atoms with Crippen LogP contribution in [0.4, 0.5) is 0 Å². The zero-order valence-corrected chi connectivity index (χ0v) is 27.2. The summed E-state index contributed by atoms with van der Waals surface area (Å²) in [5, 5.41) is 4.94. The van der Waals surface area contributed by atoms with Crippen LogP contribution in [0, 0.1) is 0 Å². The molecule has 0 unspecified atom stereocenters. The number of benzene rings is 8. The molecular formula is C47H31N3. The third-order valence-corrected chi connectivity index (χ3v) is 9.33. The number of nitrogens with zero attached hydrogens (tertiary/aromatic N) is 3. The van der Waals surface area contributed by atoms with E-state index in [1.165, 1.54) is 49.4 Å². The van der Waals surface area contributed by atoms with Crippen LogP contribution in [-0.2, 0) is 0 Å². The van der Waals surface area contributed by atoms with E-state index in [0.717, 1.165) is 22.3 Å². The van der Waals surface area contributed by atoms with E-state index in [1.54, 1.807) is 0 Å². The highest BCUT2D eigenvalue weighted by Crippen LogP contribution is 2.47. The molecular weight excluding hydrogens is 607 g/mol. The molecule has 3 nitrogen and oxygen atoms in total. The lowest BCUT2D eigenvalue weighted by Crippen LogP contribution is -2.00. The largest absolute Gasteiger partial charge is 0.208 e. The Hall–Kier alpha value is -6.71. The van der Waals surface area contributed by atoms with Crippen molar-refractivity contribution < 1.29 is 0 Å². The van der Waals surface area contributed by atoms with Crippen LogP contribution in [-0.4, -0.2) is 15.0 Å². The van der Waals surface area contributed by atoms with Gasteiger partial charge in [0.15, 0.2) is 17.5 Å². The summed E-state index contributed by atoms with van der Waals surface area (Å²) < 4.78 is 0. The van der Waals surface area contributed by atoms with E-state index in [2.05, 4.69) is 127 Å². The zero-order chi connectivity index (χ0) is 33.3. The van der Waals surface area contributed by atoms with Gasteiger partial charge in [0.2, 0.25) is 0 Å². The van der Waals surface area contributed by atoms with Gasteiger partial charge in [0.05, 0.1) is 0 Å². The Bertz CT molecular complexity index is 2540. The lowest BCUT2D eigenvalue weighted by atomic mass is 9.83. The minimum Gasteiger partial charge on any atom is -0.208 e. The van der Waals surface area contributed by atoms with Crippen LogP contribution in [0.5, 0.6) is 0 Å². The van der Waals surface area contributed by atoms with Gasteiger partial charge >= 0.3 is 0 Å². The molecule has 0 amide bonds. The number of fused-ring (bicyclic) bond motifs is 3. The highest BCUT2D eigenvalue weighted by Gasteiger charge is 2.20. The lowest BCUT2D eigenvalue weighted by molar-refractivity contribution is 1.07. The summed E-state index contributed by atoms with van der Waals surface area (Å²) in [6.07, 6.45) is 0. The fraction of sp³-hybridized carbons (Fsp3) is 0. The SMILES string of the molecule is c1ccc(-c2nc(-c3ccccc3)nc(-c3ccc(-c4cccc5c(-c6ccccc6)c(-c6ccccc6)c6ccccc6c45)cc3)n2)cc1. The normalized spacial score (nSPS) is 11.2. The summed E-state index contributed by atoms with van der Waals surface area (Å²) in [4.78, 5) is 14.8. The van der Waals surface area contributed by atoms with Crippen molar-refractivity contribution in [3.8, 4) is 67.5 Å². The fourth-order valence-electron chi connectivity index (χ4n) is 7.03. The smallest absolute Gasteiger partial charge is 0.164 e. The molecule has 0 saturated carbocycles. The van der Waals surface area contributed by atoms with Crippen molar-refractivity contribution >= 4 is 21.5 Å². The second-order valence-corrected chi connectivity index (χ2v) is 12.4. The Morgan fingerprint density at radius 2 is 0.600 bits per heavy atom. The monoisotopic (exact) mass is 637 g/mol. The zero-order valence-electron chi connectivity index (χ0n) is 27.2. The molecule has 8 aromatic carbocycles. The second-order valence-electron chi connectivity index (χ2n) is 12.4. The Morgan fingerprint density at radius 3 is 1.10 bits per heavy atom. The number of aromatic nitrogens is 3. The van der Waals surface area contributed by atoms with Crippen LogP contribution >= 0.6 is 0 Å². The molecule has 0 saturated heterocycles. The first-order chi connectivity index (χ1) is 24.8. The maximum atomic E-state index is 4.95. The number of hydrogen-bond donors (Lipinski definition) is 0. The molecule has 0 spiro atoms. The fourth-order valence-corrected chi connectivity index (χ4v) is 7.03. The van der Waals surface area contributed by atoms with E-state index in [1.807, 2.05) is 60.7 Å². The maximum absolute atomic E-state index is 4.95. The van der Waals surface area contributed by atoms with Crippen LogP contribution in [0.2, 0.25) is 0 Å². The van der Waals surface area contributed by atoms with Gasteiger partial charge in [-0.25, -0.2) is 15.0 Å². The molecule has 9 rings (SSSR count). The van der Waals surface area contributed by atoms with Gasteiger partial charge in [-0.15, -0.1) is 0 Å². The molecule has 0 N–H and O–H groups in total. The van der Waals surface area contributed by atoms with Crippen molar-refractivity contribution in [1.82, 2.24) is 15.0 Å². The van der Waals surface area contributed by atoms with E-state index < -0.39 is 0 Å². The summed E-state index contributed by atoms with van der Waals surface area (Å²) in [6, 6.07) is 65.9. The average Bonchev–Trinajstić information content (AvgIpc) is 3.21. The molecule has 0 radical (unpaired) electrons. The molecule has 50 heavy (non-hydrogen) atoms. The van der Waals surface area contributed by atoms with Crippen molar-refractivity contribution in [3.05, 3.63) is 188 Å². The van der Waals surface area contributed by atoms with Gasteiger partial charge in [-0.2, -0.15) is 0 Å². The van der Waals surface area contributed by atoms with Gasteiger partial charge in [0.25, 0.3) is 0 Å². The van der Waals surface area contributed by atoms with Crippen LogP contribution in [0.25, 0.3) is 89.1 Å². The van der Waals surface area contributed by atoms with Crippen molar-refractivity contribution in [2.24, 2.45) is 0 Å². The molecule has 0 aliphatic rings. The molecule has 9 aromatic rings. The Labute approximate surface area is 291 Å². The van der Waals surface area contributed by atoms with Gasteiger partial charge in [0.1, 0.15) is 0 Å². The summed E-state index contributed by atoms with van der Waals surface area (Å²) in [7, 11) is 0. The third-order valence-electron chi connectivity index (χ3n) is 9.33. The summed E-state index contributed by atoms with van der Waals surface area (Å²) in [6.45, 7) is 0. The van der Waals surface area contributed by atoms with Crippen molar-refractivity contribution in [2.45, 2.75) is 0 Å². The number of rotatable bonds is 6. The van der Waals surface area contributed by atoms with Crippen molar-refractivity contribution in [1.29, 1.82) is 0 Å². The first-order valence-electron chi connectivity index (χ1n) is 16.9. The predicted octanol–water partition coefficient (Wildman–Crippen LogP) is 12.2. The minimum absolute atomic E-state index is 0.645. The van der Waals surface area contributed by atoms with Gasteiger partial charge in [-0.1, -0.05) is 188 Å². The Morgan fingerprint density at radius 1 is 0.240 bits per heavy atom. The highest BCUT2D eigenvalue weighted by atomic mass is 15.0. The third kappa shape index (κ3) is 5.32. The van der Waals surface area contributed by atoms with Gasteiger partial charge in [0, 0.05) is 16.7 Å². The molecule has 0 aliphatic heterocycles. The summed E-state index contributed by atoms with van der Waals surface area (Å²) in [5.74, 6) is 1.95. The van der Waals surface area contributed by atoms with E-state index in [9.17, 15) is 0 Å². The lowest BCUT2D eigenvalue weighted by Gasteiger charge is -2.20. The first kappa shape index (κ1) is 29.4. The quantitative estimate of drug-likeness (QED) is 0.170.